The van der Waals surface area contributed by atoms with E-state index in [0.29, 0.717) is 55.3 Å². The fourth-order valence-electron chi connectivity index (χ4n) is 3.44. The van der Waals surface area contributed by atoms with Crippen molar-refractivity contribution in [3.8, 4) is 5.75 Å². The summed E-state index contributed by atoms with van der Waals surface area (Å²) in [5.41, 5.74) is 1.64. The number of aliphatic imine (C=N–C) groups is 1. The third kappa shape index (κ3) is 6.25. The second kappa shape index (κ2) is 11.8. The predicted octanol–water partition coefficient (Wildman–Crippen LogP) is 3.17. The Morgan fingerprint density at radius 2 is 1.85 bits per heavy atom. The molecule has 2 fully saturated rings. The first kappa shape index (κ1) is 24.0. The van der Waals surface area contributed by atoms with E-state index in [2.05, 4.69) is 4.99 Å². The Hall–Kier alpha value is -3.14. The molecule has 0 bridgehead atoms. The van der Waals surface area contributed by atoms with Crippen molar-refractivity contribution in [1.82, 2.24) is 9.80 Å². The molecule has 4 rings (SSSR count). The molecule has 8 nitrogen and oxygen atoms in total. The van der Waals surface area contributed by atoms with Gasteiger partial charge in [-0.1, -0.05) is 30.3 Å². The third-order valence-electron chi connectivity index (χ3n) is 5.29. The van der Waals surface area contributed by atoms with E-state index in [0.717, 1.165) is 11.3 Å². The minimum atomic E-state index is -0.104. The van der Waals surface area contributed by atoms with Gasteiger partial charge in [0, 0.05) is 20.2 Å². The molecule has 9 heteroatoms. The van der Waals surface area contributed by atoms with Gasteiger partial charge in [0.05, 0.1) is 37.0 Å². The summed E-state index contributed by atoms with van der Waals surface area (Å²) in [6.45, 7) is 3.15. The van der Waals surface area contributed by atoms with E-state index in [4.69, 9.17) is 14.2 Å². The molecule has 0 atom stereocenters. The monoisotopic (exact) mass is 481 g/mol. The number of para-hydroxylation sites is 1. The van der Waals surface area contributed by atoms with Crippen molar-refractivity contribution in [2.45, 2.75) is 0 Å². The number of hydrogen-bond acceptors (Lipinski definition) is 7. The van der Waals surface area contributed by atoms with Crippen molar-refractivity contribution < 1.29 is 23.8 Å². The lowest BCUT2D eigenvalue weighted by Crippen LogP contribution is -2.42. The van der Waals surface area contributed by atoms with Crippen LogP contribution in [-0.2, 0) is 19.1 Å². The number of amidine groups is 1. The van der Waals surface area contributed by atoms with Gasteiger partial charge in [0.1, 0.15) is 5.75 Å². The average molecular weight is 482 g/mol. The first-order valence-corrected chi connectivity index (χ1v) is 11.9. The standard InChI is InChI=1S/C25H27N3O5S/c1-31-14-13-28-24(30)22(34-25(28)26-20-5-3-2-4-6-20)17-19-7-9-21(10-8-19)33-18-23(29)27-11-15-32-16-12-27/h2-10,17H,11-16,18H2,1H3/b22-17-,26-25?. The van der Waals surface area contributed by atoms with Crippen LogP contribution in [0.5, 0.6) is 5.75 Å². The third-order valence-corrected chi connectivity index (χ3v) is 6.30. The number of methoxy groups -OCH3 is 1. The molecule has 2 amide bonds. The zero-order chi connectivity index (χ0) is 23.8. The smallest absolute Gasteiger partial charge is 0.266 e. The van der Waals surface area contributed by atoms with E-state index < -0.39 is 0 Å². The number of nitrogens with zero attached hydrogens (tertiary/aromatic N) is 3. The van der Waals surface area contributed by atoms with E-state index in [9.17, 15) is 9.59 Å². The van der Waals surface area contributed by atoms with E-state index in [-0.39, 0.29) is 18.4 Å². The molecule has 178 valence electrons. The van der Waals surface area contributed by atoms with E-state index >= 15 is 0 Å². The summed E-state index contributed by atoms with van der Waals surface area (Å²) in [4.78, 5) is 33.9. The van der Waals surface area contributed by atoms with Crippen molar-refractivity contribution >= 4 is 40.5 Å². The van der Waals surface area contributed by atoms with Gasteiger partial charge in [-0.2, -0.15) is 0 Å². The van der Waals surface area contributed by atoms with Crippen molar-refractivity contribution in [2.75, 3.05) is 53.2 Å². The van der Waals surface area contributed by atoms with Crippen LogP contribution in [0.4, 0.5) is 5.69 Å². The van der Waals surface area contributed by atoms with Crippen LogP contribution in [0.15, 0.2) is 64.5 Å². The van der Waals surface area contributed by atoms with Crippen molar-refractivity contribution in [3.05, 3.63) is 65.1 Å². The lowest BCUT2D eigenvalue weighted by molar-refractivity contribution is -0.137. The summed E-state index contributed by atoms with van der Waals surface area (Å²) < 4.78 is 16.1. The Kier molecular flexibility index (Phi) is 8.35. The number of amides is 2. The number of thioether (sulfide) groups is 1. The Bertz CT molecular complexity index is 1050. The zero-order valence-electron chi connectivity index (χ0n) is 19.0. The van der Waals surface area contributed by atoms with Crippen molar-refractivity contribution in [3.63, 3.8) is 0 Å². The maximum Gasteiger partial charge on any atom is 0.266 e. The first-order valence-electron chi connectivity index (χ1n) is 11.1. The molecule has 2 aliphatic heterocycles. The van der Waals surface area contributed by atoms with E-state index in [1.54, 1.807) is 29.0 Å². The number of hydrogen-bond donors (Lipinski definition) is 0. The van der Waals surface area contributed by atoms with Crippen LogP contribution in [0, 0.1) is 0 Å². The summed E-state index contributed by atoms with van der Waals surface area (Å²) in [6, 6.07) is 16.9. The summed E-state index contributed by atoms with van der Waals surface area (Å²) in [7, 11) is 1.61. The molecule has 0 saturated carbocycles. The summed E-state index contributed by atoms with van der Waals surface area (Å²) in [5.74, 6) is 0.444. The number of benzene rings is 2. The lowest BCUT2D eigenvalue weighted by Gasteiger charge is -2.26. The lowest BCUT2D eigenvalue weighted by atomic mass is 10.2. The molecular weight excluding hydrogens is 454 g/mol. The van der Waals surface area contributed by atoms with Crippen molar-refractivity contribution in [2.24, 2.45) is 4.99 Å². The minimum Gasteiger partial charge on any atom is -0.484 e. The van der Waals surface area contributed by atoms with Gasteiger partial charge < -0.3 is 19.1 Å². The van der Waals surface area contributed by atoms with Crippen molar-refractivity contribution in [1.29, 1.82) is 0 Å². The highest BCUT2D eigenvalue weighted by molar-refractivity contribution is 8.18. The Morgan fingerprint density at radius 3 is 2.56 bits per heavy atom. The number of carbonyl (C=O) groups excluding carboxylic acids is 2. The molecule has 2 aliphatic rings. The first-order chi connectivity index (χ1) is 16.6. The van der Waals surface area contributed by atoms with Gasteiger partial charge in [0.2, 0.25) is 0 Å². The van der Waals surface area contributed by atoms with Crippen LogP contribution in [0.2, 0.25) is 0 Å². The maximum absolute atomic E-state index is 13.0. The van der Waals surface area contributed by atoms with Crippen LogP contribution in [0.3, 0.4) is 0 Å². The molecule has 0 aromatic heterocycles. The zero-order valence-corrected chi connectivity index (χ0v) is 19.8. The fraction of sp³-hybridized carbons (Fsp3) is 0.320. The second-order valence-corrected chi connectivity index (χ2v) is 8.65. The highest BCUT2D eigenvalue weighted by Crippen LogP contribution is 2.34. The molecule has 2 aromatic rings. The van der Waals surface area contributed by atoms with E-state index in [1.807, 2.05) is 48.5 Å². The number of carbonyl (C=O) groups is 2. The van der Waals surface area contributed by atoms with E-state index in [1.165, 1.54) is 11.8 Å². The number of morpholine rings is 1. The minimum absolute atomic E-state index is 0.0114. The molecule has 34 heavy (non-hydrogen) atoms. The molecule has 0 spiro atoms. The normalized spacial score (nSPS) is 18.7. The molecule has 0 unspecified atom stereocenters. The van der Waals surface area contributed by atoms with Crippen LogP contribution in [0.1, 0.15) is 5.56 Å². The molecular formula is C25H27N3O5S. The Balaban J connectivity index is 1.42. The van der Waals surface area contributed by atoms with Gasteiger partial charge in [0.25, 0.3) is 11.8 Å². The molecule has 0 aliphatic carbocycles. The predicted molar refractivity (Wildman–Crippen MR) is 132 cm³/mol. The molecule has 0 radical (unpaired) electrons. The average Bonchev–Trinajstić information content (AvgIpc) is 3.16. The quantitative estimate of drug-likeness (QED) is 0.539. The Morgan fingerprint density at radius 1 is 1.12 bits per heavy atom. The van der Waals surface area contributed by atoms with Crippen LogP contribution < -0.4 is 4.74 Å². The SMILES string of the molecule is COCCN1C(=O)/C(=C/c2ccc(OCC(=O)N3CCOCC3)cc2)SC1=Nc1ccccc1. The number of ether oxygens (including phenoxy) is 3. The summed E-state index contributed by atoms with van der Waals surface area (Å²) in [6.07, 6.45) is 1.84. The molecule has 0 N–H and O–H groups in total. The largest absolute Gasteiger partial charge is 0.484 e. The van der Waals surface area contributed by atoms with Gasteiger partial charge in [-0.05, 0) is 47.7 Å². The summed E-state index contributed by atoms with van der Waals surface area (Å²) in [5, 5.41) is 0.626. The van der Waals surface area contributed by atoms with Crippen LogP contribution in [-0.4, -0.2) is 80.0 Å². The fourth-order valence-corrected chi connectivity index (χ4v) is 4.47. The highest BCUT2D eigenvalue weighted by Gasteiger charge is 2.33. The maximum atomic E-state index is 13.0. The van der Waals surface area contributed by atoms with Gasteiger partial charge >= 0.3 is 0 Å². The van der Waals surface area contributed by atoms with Gasteiger partial charge in [0.15, 0.2) is 11.8 Å². The topological polar surface area (TPSA) is 80.7 Å². The molecule has 2 heterocycles. The second-order valence-electron chi connectivity index (χ2n) is 7.64. The number of rotatable bonds is 8. The van der Waals surface area contributed by atoms with Crippen LogP contribution >= 0.6 is 11.8 Å². The van der Waals surface area contributed by atoms with Gasteiger partial charge in [-0.25, -0.2) is 4.99 Å². The Labute approximate surface area is 203 Å². The molecule has 2 aromatic carbocycles. The highest BCUT2D eigenvalue weighted by atomic mass is 32.2. The van der Waals surface area contributed by atoms with Gasteiger partial charge in [-0.3, -0.25) is 14.5 Å². The molecule has 2 saturated heterocycles. The van der Waals surface area contributed by atoms with Crippen LogP contribution in [0.25, 0.3) is 6.08 Å². The summed E-state index contributed by atoms with van der Waals surface area (Å²) >= 11 is 1.34. The van der Waals surface area contributed by atoms with Gasteiger partial charge in [-0.15, -0.1) is 0 Å².